The Morgan fingerprint density at radius 3 is 2.60 bits per heavy atom. The molecule has 1 aliphatic rings. The fourth-order valence-electron chi connectivity index (χ4n) is 4.20. The number of carbonyl (C=O) groups excluding carboxylic acids is 1. The highest BCUT2D eigenvalue weighted by Gasteiger charge is 2.30. The number of aryl methyl sites for hydroxylation is 1. The molecule has 0 saturated carbocycles. The summed E-state index contributed by atoms with van der Waals surface area (Å²) in [4.78, 5) is 14.2. The molecule has 1 aromatic heterocycles. The van der Waals surface area contributed by atoms with Crippen molar-refractivity contribution in [1.29, 1.82) is 0 Å². The van der Waals surface area contributed by atoms with E-state index in [9.17, 15) is 9.18 Å². The van der Waals surface area contributed by atoms with Gasteiger partial charge in [0, 0.05) is 40.6 Å². The van der Waals surface area contributed by atoms with Gasteiger partial charge in [-0.25, -0.2) is 9.18 Å². The molecule has 1 fully saturated rings. The van der Waals surface area contributed by atoms with Crippen molar-refractivity contribution in [1.82, 2.24) is 14.7 Å². The predicted octanol–water partition coefficient (Wildman–Crippen LogP) is 5.59. The van der Waals surface area contributed by atoms with Crippen LogP contribution in [0.1, 0.15) is 47.0 Å². The number of rotatable bonds is 4. The van der Waals surface area contributed by atoms with E-state index in [0.717, 1.165) is 36.2 Å². The Kier molecular flexibility index (Phi) is 5.75. The average Bonchev–Trinajstić information content (AvgIpc) is 3.30. The summed E-state index contributed by atoms with van der Waals surface area (Å²) >= 11 is 12.3. The molecule has 1 saturated heterocycles. The molecule has 0 N–H and O–H groups in total. The van der Waals surface area contributed by atoms with Crippen LogP contribution in [0.15, 0.2) is 30.3 Å². The zero-order valence-corrected chi connectivity index (χ0v) is 18.5. The molecule has 4 rings (SSSR count). The standard InChI is InChI=1S/C22H22Cl2FN3O2/c1-12-18-9-19(22(29)30-3)20(25)10-21(18)28(26-12)17-4-5-27(11-17)13(2)14-6-15(23)8-16(24)7-14/h6-10,13,17H,4-5,11H2,1-3H3/t13?,17-/m1/s1. The van der Waals surface area contributed by atoms with E-state index in [1.54, 1.807) is 6.07 Å². The molecule has 0 bridgehead atoms. The minimum absolute atomic E-state index is 0.0767. The van der Waals surface area contributed by atoms with Crippen LogP contribution in [0.5, 0.6) is 0 Å². The average molecular weight is 450 g/mol. The quantitative estimate of drug-likeness (QED) is 0.487. The summed E-state index contributed by atoms with van der Waals surface area (Å²) < 4.78 is 21.1. The van der Waals surface area contributed by atoms with Crippen LogP contribution in [-0.4, -0.2) is 40.8 Å². The van der Waals surface area contributed by atoms with Gasteiger partial charge in [-0.05, 0) is 50.1 Å². The van der Waals surface area contributed by atoms with E-state index in [4.69, 9.17) is 23.2 Å². The van der Waals surface area contributed by atoms with Crippen molar-refractivity contribution in [2.75, 3.05) is 20.2 Å². The molecule has 0 aliphatic carbocycles. The van der Waals surface area contributed by atoms with Crippen molar-refractivity contribution in [3.63, 3.8) is 0 Å². The number of halogens is 3. The zero-order valence-electron chi connectivity index (χ0n) is 17.0. The van der Waals surface area contributed by atoms with E-state index in [-0.39, 0.29) is 17.6 Å². The van der Waals surface area contributed by atoms with Gasteiger partial charge < -0.3 is 4.74 Å². The summed E-state index contributed by atoms with van der Waals surface area (Å²) in [6.45, 7) is 5.63. The summed E-state index contributed by atoms with van der Waals surface area (Å²) in [5.41, 5.74) is 2.42. The molecular weight excluding hydrogens is 428 g/mol. The van der Waals surface area contributed by atoms with Gasteiger partial charge in [0.05, 0.1) is 29.9 Å². The number of fused-ring (bicyclic) bond motifs is 1. The van der Waals surface area contributed by atoms with Gasteiger partial charge in [0.25, 0.3) is 0 Å². The topological polar surface area (TPSA) is 47.4 Å². The SMILES string of the molecule is COC(=O)c1cc2c(C)nn([C@@H]3CCN(C(C)c4cc(Cl)cc(Cl)c4)C3)c2cc1F. The second-order valence-corrected chi connectivity index (χ2v) is 8.56. The third-order valence-corrected chi connectivity index (χ3v) is 6.28. The first-order valence-electron chi connectivity index (χ1n) is 9.75. The maximum atomic E-state index is 14.6. The lowest BCUT2D eigenvalue weighted by atomic mass is 10.1. The lowest BCUT2D eigenvalue weighted by Gasteiger charge is -2.25. The van der Waals surface area contributed by atoms with E-state index in [0.29, 0.717) is 15.6 Å². The molecule has 158 valence electrons. The van der Waals surface area contributed by atoms with Crippen molar-refractivity contribution in [3.8, 4) is 0 Å². The first-order chi connectivity index (χ1) is 14.3. The lowest BCUT2D eigenvalue weighted by Crippen LogP contribution is -2.25. The van der Waals surface area contributed by atoms with Gasteiger partial charge in [-0.2, -0.15) is 5.10 Å². The number of ether oxygens (including phenoxy) is 1. The van der Waals surface area contributed by atoms with Crippen LogP contribution >= 0.6 is 23.2 Å². The molecule has 1 aliphatic heterocycles. The molecule has 2 aromatic carbocycles. The van der Waals surface area contributed by atoms with Gasteiger partial charge in [0.1, 0.15) is 5.82 Å². The summed E-state index contributed by atoms with van der Waals surface area (Å²) in [6.07, 6.45) is 0.884. The monoisotopic (exact) mass is 449 g/mol. The van der Waals surface area contributed by atoms with Crippen molar-refractivity contribution >= 4 is 40.1 Å². The molecule has 1 unspecified atom stereocenters. The highest BCUT2D eigenvalue weighted by atomic mass is 35.5. The number of hydrogen-bond acceptors (Lipinski definition) is 4. The summed E-state index contributed by atoms with van der Waals surface area (Å²) in [6, 6.07) is 8.73. The summed E-state index contributed by atoms with van der Waals surface area (Å²) in [5.74, 6) is -1.30. The van der Waals surface area contributed by atoms with Crippen LogP contribution in [0.4, 0.5) is 4.39 Å². The predicted molar refractivity (Wildman–Crippen MR) is 116 cm³/mol. The molecule has 5 nitrogen and oxygen atoms in total. The number of esters is 1. The second-order valence-electron chi connectivity index (χ2n) is 7.69. The Labute approximate surface area is 184 Å². The molecule has 2 heterocycles. The fourth-order valence-corrected chi connectivity index (χ4v) is 4.75. The third-order valence-electron chi connectivity index (χ3n) is 5.84. The number of benzene rings is 2. The number of methoxy groups -OCH3 is 1. The van der Waals surface area contributed by atoms with E-state index in [1.807, 2.05) is 23.7 Å². The third kappa shape index (κ3) is 3.80. The van der Waals surface area contributed by atoms with E-state index in [2.05, 4.69) is 21.7 Å². The van der Waals surface area contributed by atoms with Gasteiger partial charge in [-0.1, -0.05) is 23.2 Å². The summed E-state index contributed by atoms with van der Waals surface area (Å²) in [7, 11) is 1.24. The molecule has 0 radical (unpaired) electrons. The first kappa shape index (κ1) is 21.1. The van der Waals surface area contributed by atoms with Crippen LogP contribution in [0, 0.1) is 12.7 Å². The fraction of sp³-hybridized carbons (Fsp3) is 0.364. The number of hydrogen-bond donors (Lipinski definition) is 0. The Balaban J connectivity index is 1.62. The minimum atomic E-state index is -0.692. The smallest absolute Gasteiger partial charge is 0.340 e. The van der Waals surface area contributed by atoms with Crippen LogP contribution < -0.4 is 0 Å². The molecule has 0 amide bonds. The van der Waals surface area contributed by atoms with Crippen LogP contribution in [0.25, 0.3) is 10.9 Å². The Morgan fingerprint density at radius 2 is 1.93 bits per heavy atom. The second kappa shape index (κ2) is 8.17. The minimum Gasteiger partial charge on any atom is -0.465 e. The van der Waals surface area contributed by atoms with Crippen LogP contribution in [0.2, 0.25) is 10.0 Å². The van der Waals surface area contributed by atoms with Gasteiger partial charge in [0.15, 0.2) is 0 Å². The summed E-state index contributed by atoms with van der Waals surface area (Å²) in [5, 5.41) is 6.65. The van der Waals surface area contributed by atoms with Crippen molar-refractivity contribution in [2.24, 2.45) is 0 Å². The highest BCUT2D eigenvalue weighted by Crippen LogP contribution is 2.34. The molecular formula is C22H22Cl2FN3O2. The van der Waals surface area contributed by atoms with E-state index >= 15 is 0 Å². The maximum Gasteiger partial charge on any atom is 0.340 e. The molecule has 0 spiro atoms. The molecule has 8 heteroatoms. The van der Waals surface area contributed by atoms with Crippen LogP contribution in [0.3, 0.4) is 0 Å². The largest absolute Gasteiger partial charge is 0.465 e. The van der Waals surface area contributed by atoms with Crippen molar-refractivity contribution in [3.05, 3.63) is 63.0 Å². The normalized spacial score (nSPS) is 18.1. The molecule has 2 atom stereocenters. The van der Waals surface area contributed by atoms with Gasteiger partial charge in [-0.3, -0.25) is 9.58 Å². The van der Waals surface area contributed by atoms with Gasteiger partial charge >= 0.3 is 5.97 Å². The number of nitrogens with zero attached hydrogens (tertiary/aromatic N) is 3. The van der Waals surface area contributed by atoms with Gasteiger partial charge in [-0.15, -0.1) is 0 Å². The Bertz CT molecular complexity index is 1110. The Hall–Kier alpha value is -2.15. The highest BCUT2D eigenvalue weighted by molar-refractivity contribution is 6.34. The van der Waals surface area contributed by atoms with Crippen molar-refractivity contribution in [2.45, 2.75) is 32.4 Å². The number of carbonyl (C=O) groups is 1. The molecule has 30 heavy (non-hydrogen) atoms. The van der Waals surface area contributed by atoms with E-state index < -0.39 is 11.8 Å². The number of aromatic nitrogens is 2. The zero-order chi connectivity index (χ0) is 21.6. The Morgan fingerprint density at radius 1 is 1.23 bits per heavy atom. The first-order valence-corrected chi connectivity index (χ1v) is 10.5. The van der Waals surface area contributed by atoms with E-state index in [1.165, 1.54) is 19.2 Å². The van der Waals surface area contributed by atoms with Crippen LogP contribution in [-0.2, 0) is 4.74 Å². The number of likely N-dealkylation sites (tertiary alicyclic amines) is 1. The lowest BCUT2D eigenvalue weighted by molar-refractivity contribution is 0.0595. The van der Waals surface area contributed by atoms with Gasteiger partial charge in [0.2, 0.25) is 0 Å². The maximum absolute atomic E-state index is 14.6. The van der Waals surface area contributed by atoms with Crippen molar-refractivity contribution < 1.29 is 13.9 Å². The molecule has 3 aromatic rings.